The Morgan fingerprint density at radius 1 is 1.75 bits per heavy atom. The van der Waals surface area contributed by atoms with Gasteiger partial charge >= 0.3 is 0 Å². The summed E-state index contributed by atoms with van der Waals surface area (Å²) in [5.74, 6) is 0.103. The highest BCUT2D eigenvalue weighted by Crippen LogP contribution is 2.01. The molecule has 1 fully saturated rings. The smallest absolute Gasteiger partial charge is 0.239 e. The molecule has 8 heavy (non-hydrogen) atoms. The van der Waals surface area contributed by atoms with Crippen molar-refractivity contribution in [1.82, 2.24) is 15.4 Å². The summed E-state index contributed by atoms with van der Waals surface area (Å²) in [6.07, 6.45) is 0.641. The number of nitrogens with one attached hydrogen (secondary N) is 2. The second-order valence-electron chi connectivity index (χ2n) is 1.52. The number of hydrazine groups is 2. The summed E-state index contributed by atoms with van der Waals surface area (Å²) in [6, 6.07) is 0. The van der Waals surface area contributed by atoms with Gasteiger partial charge in [-0.3, -0.25) is 9.80 Å². The van der Waals surface area contributed by atoms with Gasteiger partial charge in [-0.2, -0.15) is 10.4 Å². The van der Waals surface area contributed by atoms with Gasteiger partial charge in [0, 0.05) is 13.0 Å². The molecule has 4 nitrogen and oxygen atoms in total. The van der Waals surface area contributed by atoms with Gasteiger partial charge < -0.3 is 0 Å². The van der Waals surface area contributed by atoms with Gasteiger partial charge in [0.05, 0.1) is 0 Å². The summed E-state index contributed by atoms with van der Waals surface area (Å²) in [5.41, 5.74) is 2.53. The van der Waals surface area contributed by atoms with E-state index >= 15 is 0 Å². The van der Waals surface area contributed by atoms with Crippen molar-refractivity contribution in [2.75, 3.05) is 6.54 Å². The molecule has 5 heteroatoms. The Kier molecular flexibility index (Phi) is 1.72. The van der Waals surface area contributed by atoms with E-state index in [1.165, 1.54) is 5.01 Å². The van der Waals surface area contributed by atoms with Crippen molar-refractivity contribution in [3.63, 3.8) is 0 Å². The molecule has 0 aromatic heterocycles. The second-order valence-corrected chi connectivity index (χ2v) is 1.74. The lowest BCUT2D eigenvalue weighted by molar-refractivity contribution is -0.144. The molecule has 1 aliphatic rings. The third kappa shape index (κ3) is 0.936. The van der Waals surface area contributed by atoms with E-state index in [0.717, 1.165) is 6.54 Å². The zero-order valence-corrected chi connectivity index (χ0v) is 5.11. The van der Waals surface area contributed by atoms with Crippen molar-refractivity contribution in [3.05, 3.63) is 0 Å². The van der Waals surface area contributed by atoms with E-state index in [9.17, 15) is 4.79 Å². The molecule has 1 heterocycles. The van der Waals surface area contributed by atoms with Gasteiger partial charge in [-0.1, -0.05) is 12.8 Å². The molecule has 0 unspecified atom stereocenters. The highest BCUT2D eigenvalue weighted by atomic mass is 32.1. The van der Waals surface area contributed by atoms with Crippen LogP contribution in [-0.2, 0) is 4.79 Å². The number of nitrogens with zero attached hydrogens (tertiary/aromatic N) is 1. The Labute approximate surface area is 52.7 Å². The van der Waals surface area contributed by atoms with E-state index < -0.39 is 0 Å². The van der Waals surface area contributed by atoms with E-state index in [1.54, 1.807) is 0 Å². The third-order valence-corrected chi connectivity index (χ3v) is 1.14. The summed E-state index contributed by atoms with van der Waals surface area (Å²) in [7, 11) is 0. The minimum Gasteiger partial charge on any atom is -0.273 e. The number of amides is 1. The van der Waals surface area contributed by atoms with Crippen LogP contribution in [0.3, 0.4) is 0 Å². The molecule has 0 atom stereocenters. The first-order valence-electron chi connectivity index (χ1n) is 2.29. The van der Waals surface area contributed by atoms with Gasteiger partial charge in [0.15, 0.2) is 0 Å². The van der Waals surface area contributed by atoms with Gasteiger partial charge in [-0.25, -0.2) is 0 Å². The fourth-order valence-electron chi connectivity index (χ4n) is 0.494. The fraction of sp³-hybridized carbons (Fsp3) is 0.667. The summed E-state index contributed by atoms with van der Waals surface area (Å²) < 4.78 is 0. The number of hydrogen-bond acceptors (Lipinski definition) is 4. The highest BCUT2D eigenvalue weighted by molar-refractivity contribution is 7.78. The molecule has 0 aromatic carbocycles. The monoisotopic (exact) mass is 133 g/mol. The third-order valence-electron chi connectivity index (χ3n) is 1.04. The maximum Gasteiger partial charge on any atom is 0.239 e. The van der Waals surface area contributed by atoms with Crippen molar-refractivity contribution in [2.24, 2.45) is 0 Å². The van der Waals surface area contributed by atoms with Crippen LogP contribution in [0.4, 0.5) is 0 Å². The van der Waals surface area contributed by atoms with E-state index in [-0.39, 0.29) is 5.91 Å². The predicted octanol–water partition coefficient (Wildman–Crippen LogP) is -0.927. The maximum atomic E-state index is 10.4. The molecule has 1 rings (SSSR count). The van der Waals surface area contributed by atoms with Crippen molar-refractivity contribution in [3.8, 4) is 0 Å². The standard InChI is InChI=1S/C3H7N3OS/c7-3-1-2-6(3)4-5-8/h4-5,8H,1-2H2. The van der Waals surface area contributed by atoms with Crippen LogP contribution in [0.1, 0.15) is 6.42 Å². The Bertz CT molecular complexity index is 107. The molecular weight excluding hydrogens is 126 g/mol. The molecule has 1 saturated heterocycles. The first-order chi connectivity index (χ1) is 3.84. The summed E-state index contributed by atoms with van der Waals surface area (Å²) >= 11 is 3.63. The molecule has 2 N–H and O–H groups in total. The molecule has 0 aromatic rings. The largest absolute Gasteiger partial charge is 0.273 e. The maximum absolute atomic E-state index is 10.4. The van der Waals surface area contributed by atoms with Crippen molar-refractivity contribution >= 4 is 18.7 Å². The van der Waals surface area contributed by atoms with Gasteiger partial charge in [0.1, 0.15) is 0 Å². The number of carbonyl (C=O) groups is 1. The molecular formula is C3H7N3OS. The first kappa shape index (κ1) is 5.87. The molecule has 46 valence electrons. The summed E-state index contributed by atoms with van der Waals surface area (Å²) in [5, 5.41) is 1.45. The topological polar surface area (TPSA) is 44.4 Å². The van der Waals surface area contributed by atoms with Crippen molar-refractivity contribution < 1.29 is 4.79 Å². The minimum atomic E-state index is 0.103. The van der Waals surface area contributed by atoms with E-state index in [4.69, 9.17) is 0 Å². The van der Waals surface area contributed by atoms with Gasteiger partial charge in [-0.15, -0.1) is 0 Å². The zero-order chi connectivity index (χ0) is 5.98. The van der Waals surface area contributed by atoms with Crippen LogP contribution in [0.15, 0.2) is 0 Å². The van der Waals surface area contributed by atoms with E-state index in [0.29, 0.717) is 6.42 Å². The lowest BCUT2D eigenvalue weighted by Crippen LogP contribution is -2.55. The SMILES string of the molecule is O=C1CCN1NNS. The van der Waals surface area contributed by atoms with Crippen LogP contribution in [-0.4, -0.2) is 17.5 Å². The predicted molar refractivity (Wildman–Crippen MR) is 31.6 cm³/mol. The minimum absolute atomic E-state index is 0.103. The van der Waals surface area contributed by atoms with E-state index in [1.807, 2.05) is 0 Å². The normalized spacial score (nSPS) is 18.6. The number of hydrogen-bond donors (Lipinski definition) is 3. The summed E-state index contributed by atoms with van der Waals surface area (Å²) in [4.78, 5) is 12.8. The first-order valence-corrected chi connectivity index (χ1v) is 2.74. The number of β-lactam (4-membered cyclic amide) rings is 1. The Morgan fingerprint density at radius 2 is 2.50 bits per heavy atom. The van der Waals surface area contributed by atoms with Gasteiger partial charge in [0.25, 0.3) is 0 Å². The number of rotatable bonds is 2. The molecule has 0 radical (unpaired) electrons. The Balaban J connectivity index is 2.17. The summed E-state index contributed by atoms with van der Waals surface area (Å²) in [6.45, 7) is 0.770. The van der Waals surface area contributed by atoms with Crippen molar-refractivity contribution in [2.45, 2.75) is 6.42 Å². The molecule has 0 aliphatic carbocycles. The average molecular weight is 133 g/mol. The van der Waals surface area contributed by atoms with Crippen LogP contribution < -0.4 is 10.4 Å². The van der Waals surface area contributed by atoms with Crippen LogP contribution in [0, 0.1) is 0 Å². The molecule has 0 saturated carbocycles. The van der Waals surface area contributed by atoms with Crippen LogP contribution in [0.2, 0.25) is 0 Å². The average Bonchev–Trinajstić information content (AvgIpc) is 1.79. The zero-order valence-electron chi connectivity index (χ0n) is 4.22. The van der Waals surface area contributed by atoms with Crippen molar-refractivity contribution in [1.29, 1.82) is 0 Å². The van der Waals surface area contributed by atoms with Gasteiger partial charge in [0.2, 0.25) is 5.91 Å². The number of thiol groups is 1. The molecule has 0 bridgehead atoms. The van der Waals surface area contributed by atoms with Crippen LogP contribution in [0.25, 0.3) is 0 Å². The Hall–Kier alpha value is -0.260. The van der Waals surface area contributed by atoms with Crippen LogP contribution >= 0.6 is 12.8 Å². The molecule has 0 spiro atoms. The number of carbonyl (C=O) groups excluding carboxylic acids is 1. The van der Waals surface area contributed by atoms with Gasteiger partial charge in [-0.05, 0) is 0 Å². The lowest BCUT2D eigenvalue weighted by Gasteiger charge is -2.29. The van der Waals surface area contributed by atoms with E-state index in [2.05, 4.69) is 23.2 Å². The molecule has 1 aliphatic heterocycles. The van der Waals surface area contributed by atoms with Crippen LogP contribution in [0.5, 0.6) is 0 Å². The lowest BCUT2D eigenvalue weighted by atomic mass is 10.3. The quantitative estimate of drug-likeness (QED) is 0.259. The Morgan fingerprint density at radius 3 is 2.62 bits per heavy atom. The fourth-order valence-corrected chi connectivity index (χ4v) is 0.614. The molecule has 1 amide bonds. The highest BCUT2D eigenvalue weighted by Gasteiger charge is 2.22. The second kappa shape index (κ2) is 2.34.